The highest BCUT2D eigenvalue weighted by Crippen LogP contribution is 2.42. The van der Waals surface area contributed by atoms with Gasteiger partial charge in [-0.25, -0.2) is 8.78 Å². The molecule has 2 aliphatic carbocycles. The summed E-state index contributed by atoms with van der Waals surface area (Å²) in [5.41, 5.74) is 0.830. The molecule has 0 spiro atoms. The summed E-state index contributed by atoms with van der Waals surface area (Å²) in [7, 11) is 0. The predicted molar refractivity (Wildman–Crippen MR) is 62.8 cm³/mol. The zero-order valence-corrected chi connectivity index (χ0v) is 9.76. The summed E-state index contributed by atoms with van der Waals surface area (Å²) < 4.78 is 26.3. The van der Waals surface area contributed by atoms with Crippen LogP contribution in [0, 0.1) is 17.6 Å². The summed E-state index contributed by atoms with van der Waals surface area (Å²) in [4.78, 5) is 0. The number of hydrogen-bond acceptors (Lipinski definition) is 1. The minimum Gasteiger partial charge on any atom is -0.314 e. The number of nitrogens with one attached hydrogen (secondary N) is 1. The molecule has 0 aromatic heterocycles. The van der Waals surface area contributed by atoms with E-state index in [1.807, 2.05) is 0 Å². The fourth-order valence-electron chi connectivity index (χ4n) is 2.65. The lowest BCUT2D eigenvalue weighted by atomic mass is 9.70. The normalized spacial score (nSPS) is 27.9. The predicted octanol–water partition coefficient (Wildman–Crippen LogP) is 3.21. The van der Waals surface area contributed by atoms with Crippen molar-refractivity contribution in [2.24, 2.45) is 5.92 Å². The molecule has 1 N–H and O–H groups in total. The van der Waals surface area contributed by atoms with Crippen LogP contribution in [0.5, 0.6) is 0 Å². The van der Waals surface area contributed by atoms with Gasteiger partial charge in [0.25, 0.3) is 0 Å². The third kappa shape index (κ3) is 2.49. The zero-order chi connectivity index (χ0) is 11.8. The van der Waals surface area contributed by atoms with Crippen LogP contribution in [0.2, 0.25) is 0 Å². The molecule has 2 unspecified atom stereocenters. The summed E-state index contributed by atoms with van der Waals surface area (Å²) in [6.45, 7) is 0.994. The van der Waals surface area contributed by atoms with Gasteiger partial charge in [-0.1, -0.05) is 0 Å². The van der Waals surface area contributed by atoms with Crippen LogP contribution >= 0.6 is 0 Å². The van der Waals surface area contributed by atoms with Crippen molar-refractivity contribution in [2.45, 2.75) is 37.6 Å². The minimum absolute atomic E-state index is 0.339. The van der Waals surface area contributed by atoms with E-state index in [1.165, 1.54) is 31.4 Å². The maximum Gasteiger partial charge on any atom is 0.126 e. The summed E-state index contributed by atoms with van der Waals surface area (Å²) in [5, 5.41) is 3.50. The van der Waals surface area contributed by atoms with Crippen molar-refractivity contribution in [2.75, 3.05) is 6.54 Å². The summed E-state index contributed by atoms with van der Waals surface area (Å²) >= 11 is 0. The number of halogens is 2. The van der Waals surface area contributed by atoms with Gasteiger partial charge >= 0.3 is 0 Å². The molecule has 3 heteroatoms. The van der Waals surface area contributed by atoms with E-state index in [1.54, 1.807) is 0 Å². The molecule has 17 heavy (non-hydrogen) atoms. The molecule has 1 aromatic rings. The van der Waals surface area contributed by atoms with E-state index < -0.39 is 11.6 Å². The molecule has 2 atom stereocenters. The van der Waals surface area contributed by atoms with E-state index in [2.05, 4.69) is 5.32 Å². The second kappa shape index (κ2) is 4.37. The van der Waals surface area contributed by atoms with Crippen molar-refractivity contribution in [1.29, 1.82) is 0 Å². The van der Waals surface area contributed by atoms with Gasteiger partial charge in [0.15, 0.2) is 0 Å². The largest absolute Gasteiger partial charge is 0.314 e. The Hall–Kier alpha value is -0.960. The zero-order valence-electron chi connectivity index (χ0n) is 9.76. The molecule has 2 aliphatic rings. The standard InChI is InChI=1S/C14H17F2N/c15-11-5-10(6-12(16)7-11)14-4-1-9(14)8-17-13-2-3-13/h5-7,9,13-14,17H,1-4,8H2. The fraction of sp³-hybridized carbons (Fsp3) is 0.571. The van der Waals surface area contributed by atoms with Gasteiger partial charge in [0.2, 0.25) is 0 Å². The van der Waals surface area contributed by atoms with Crippen LogP contribution in [0.15, 0.2) is 18.2 Å². The first-order valence-corrected chi connectivity index (χ1v) is 6.42. The molecular weight excluding hydrogens is 220 g/mol. The average molecular weight is 237 g/mol. The van der Waals surface area contributed by atoms with Crippen LogP contribution in [0.1, 0.15) is 37.2 Å². The first-order valence-electron chi connectivity index (χ1n) is 6.42. The van der Waals surface area contributed by atoms with Gasteiger partial charge in [0.05, 0.1) is 0 Å². The first-order chi connectivity index (χ1) is 8.22. The van der Waals surface area contributed by atoms with Gasteiger partial charge in [0.1, 0.15) is 11.6 Å². The maximum absolute atomic E-state index is 13.1. The van der Waals surface area contributed by atoms with Crippen molar-refractivity contribution in [3.8, 4) is 0 Å². The van der Waals surface area contributed by atoms with E-state index >= 15 is 0 Å². The molecule has 3 rings (SSSR count). The van der Waals surface area contributed by atoms with Gasteiger partial charge < -0.3 is 5.32 Å². The molecule has 1 aromatic carbocycles. The summed E-state index contributed by atoms with van der Waals surface area (Å²) in [6, 6.07) is 4.62. The Morgan fingerprint density at radius 1 is 1.00 bits per heavy atom. The Morgan fingerprint density at radius 3 is 2.24 bits per heavy atom. The van der Waals surface area contributed by atoms with E-state index in [0.717, 1.165) is 24.6 Å². The van der Waals surface area contributed by atoms with Gasteiger partial charge in [-0.15, -0.1) is 0 Å². The number of rotatable bonds is 4. The Kier molecular flexibility index (Phi) is 2.87. The third-order valence-electron chi connectivity index (χ3n) is 3.98. The van der Waals surface area contributed by atoms with Crippen molar-refractivity contribution < 1.29 is 8.78 Å². The molecule has 1 nitrogen and oxygen atoms in total. The molecular formula is C14H17F2N. The van der Waals surface area contributed by atoms with Crippen LogP contribution in [0.4, 0.5) is 8.78 Å². The lowest BCUT2D eigenvalue weighted by molar-refractivity contribution is 0.244. The SMILES string of the molecule is Fc1cc(F)cc(C2CCC2CNC2CC2)c1. The highest BCUT2D eigenvalue weighted by atomic mass is 19.1. The number of hydrogen-bond donors (Lipinski definition) is 1. The average Bonchev–Trinajstić information content (AvgIpc) is 2.98. The monoisotopic (exact) mass is 237 g/mol. The van der Waals surface area contributed by atoms with Crippen molar-refractivity contribution in [1.82, 2.24) is 5.32 Å². The van der Waals surface area contributed by atoms with Crippen LogP contribution in [-0.4, -0.2) is 12.6 Å². The van der Waals surface area contributed by atoms with E-state index in [4.69, 9.17) is 0 Å². The first kappa shape index (κ1) is 11.1. The molecule has 0 heterocycles. The Balaban J connectivity index is 1.65. The molecule has 0 bridgehead atoms. The lowest BCUT2D eigenvalue weighted by Gasteiger charge is -2.37. The molecule has 92 valence electrons. The molecule has 0 amide bonds. The van der Waals surface area contributed by atoms with E-state index in [-0.39, 0.29) is 0 Å². The van der Waals surface area contributed by atoms with Gasteiger partial charge in [0, 0.05) is 12.1 Å². The Morgan fingerprint density at radius 2 is 1.71 bits per heavy atom. The van der Waals surface area contributed by atoms with Gasteiger partial charge in [-0.2, -0.15) is 0 Å². The smallest absolute Gasteiger partial charge is 0.126 e. The van der Waals surface area contributed by atoms with Crippen molar-refractivity contribution in [3.63, 3.8) is 0 Å². The Bertz CT molecular complexity index is 394. The van der Waals surface area contributed by atoms with E-state index in [0.29, 0.717) is 17.9 Å². The van der Waals surface area contributed by atoms with E-state index in [9.17, 15) is 8.78 Å². The Labute approximate surface area is 100 Å². The quantitative estimate of drug-likeness (QED) is 0.848. The number of benzene rings is 1. The van der Waals surface area contributed by atoms with Crippen molar-refractivity contribution >= 4 is 0 Å². The summed E-state index contributed by atoms with van der Waals surface area (Å²) in [6.07, 6.45) is 4.79. The molecule has 0 radical (unpaired) electrons. The fourth-order valence-corrected chi connectivity index (χ4v) is 2.65. The molecule has 2 fully saturated rings. The maximum atomic E-state index is 13.1. The van der Waals surface area contributed by atoms with Gasteiger partial charge in [-0.05, 0) is 61.8 Å². The van der Waals surface area contributed by atoms with Crippen LogP contribution in [0.25, 0.3) is 0 Å². The highest BCUT2D eigenvalue weighted by molar-refractivity contribution is 5.24. The lowest BCUT2D eigenvalue weighted by Crippen LogP contribution is -2.34. The van der Waals surface area contributed by atoms with Gasteiger partial charge in [-0.3, -0.25) is 0 Å². The minimum atomic E-state index is -0.458. The van der Waals surface area contributed by atoms with Crippen LogP contribution < -0.4 is 5.32 Å². The molecule has 2 saturated carbocycles. The topological polar surface area (TPSA) is 12.0 Å². The molecule has 0 aliphatic heterocycles. The highest BCUT2D eigenvalue weighted by Gasteiger charge is 2.33. The molecule has 0 saturated heterocycles. The van der Waals surface area contributed by atoms with Crippen molar-refractivity contribution in [3.05, 3.63) is 35.4 Å². The van der Waals surface area contributed by atoms with Crippen LogP contribution in [-0.2, 0) is 0 Å². The second-order valence-electron chi connectivity index (χ2n) is 5.33. The third-order valence-corrected chi connectivity index (χ3v) is 3.98. The summed E-state index contributed by atoms with van der Waals surface area (Å²) in [5.74, 6) is -0.0233. The second-order valence-corrected chi connectivity index (χ2v) is 5.33. The van der Waals surface area contributed by atoms with Crippen LogP contribution in [0.3, 0.4) is 0 Å².